The Balaban J connectivity index is 2.07. The molecule has 0 saturated carbocycles. The number of rotatable bonds is 3. The maximum atomic E-state index is 11.8. The third-order valence-electron chi connectivity index (χ3n) is 2.15. The SMILES string of the molecule is Cn1c(C(=O)NCc2nn[nH]n2)cc(Cl)c1Cl. The molecule has 9 heteroatoms. The van der Waals surface area contributed by atoms with E-state index in [9.17, 15) is 4.79 Å². The molecule has 0 aliphatic rings. The zero-order valence-corrected chi connectivity index (χ0v) is 10.2. The lowest BCUT2D eigenvalue weighted by Gasteiger charge is -2.03. The monoisotopic (exact) mass is 274 g/mol. The van der Waals surface area contributed by atoms with E-state index in [1.807, 2.05) is 0 Å². The fourth-order valence-corrected chi connectivity index (χ4v) is 1.64. The van der Waals surface area contributed by atoms with Crippen molar-refractivity contribution in [2.24, 2.45) is 7.05 Å². The number of carbonyl (C=O) groups excluding carboxylic acids is 1. The quantitative estimate of drug-likeness (QED) is 0.866. The molecule has 2 aromatic heterocycles. The topological polar surface area (TPSA) is 88.5 Å². The number of nitrogens with one attached hydrogen (secondary N) is 2. The van der Waals surface area contributed by atoms with Gasteiger partial charge in [-0.1, -0.05) is 28.4 Å². The van der Waals surface area contributed by atoms with Gasteiger partial charge in [-0.3, -0.25) is 4.79 Å². The van der Waals surface area contributed by atoms with Crippen LogP contribution in [0.25, 0.3) is 0 Å². The maximum Gasteiger partial charge on any atom is 0.268 e. The molecule has 2 N–H and O–H groups in total. The van der Waals surface area contributed by atoms with Crippen LogP contribution >= 0.6 is 23.2 Å². The van der Waals surface area contributed by atoms with Crippen LogP contribution in [-0.4, -0.2) is 31.1 Å². The second kappa shape index (κ2) is 4.72. The summed E-state index contributed by atoms with van der Waals surface area (Å²) < 4.78 is 1.50. The summed E-state index contributed by atoms with van der Waals surface area (Å²) in [4.78, 5) is 11.8. The molecule has 0 saturated heterocycles. The first-order valence-electron chi connectivity index (χ1n) is 4.61. The molecule has 2 rings (SSSR count). The van der Waals surface area contributed by atoms with Crippen LogP contribution in [0.1, 0.15) is 16.3 Å². The van der Waals surface area contributed by atoms with Crippen molar-refractivity contribution in [1.29, 1.82) is 0 Å². The van der Waals surface area contributed by atoms with Gasteiger partial charge in [-0.25, -0.2) is 0 Å². The van der Waals surface area contributed by atoms with Crippen molar-refractivity contribution in [3.8, 4) is 0 Å². The highest BCUT2D eigenvalue weighted by Gasteiger charge is 2.15. The first-order chi connectivity index (χ1) is 8.09. The van der Waals surface area contributed by atoms with Crippen LogP contribution < -0.4 is 5.32 Å². The number of hydrogen-bond acceptors (Lipinski definition) is 4. The molecule has 2 heterocycles. The molecule has 0 fully saturated rings. The highest BCUT2D eigenvalue weighted by Crippen LogP contribution is 2.24. The fraction of sp³-hybridized carbons (Fsp3) is 0.250. The summed E-state index contributed by atoms with van der Waals surface area (Å²) in [6, 6.07) is 1.50. The number of nitrogens with zero attached hydrogens (tertiary/aromatic N) is 4. The van der Waals surface area contributed by atoms with E-state index in [-0.39, 0.29) is 12.5 Å². The largest absolute Gasteiger partial charge is 0.343 e. The highest BCUT2D eigenvalue weighted by molar-refractivity contribution is 6.41. The van der Waals surface area contributed by atoms with E-state index in [4.69, 9.17) is 23.2 Å². The molecular weight excluding hydrogens is 267 g/mol. The summed E-state index contributed by atoms with van der Waals surface area (Å²) in [7, 11) is 1.65. The minimum absolute atomic E-state index is 0.176. The van der Waals surface area contributed by atoms with Crippen molar-refractivity contribution in [2.45, 2.75) is 6.54 Å². The van der Waals surface area contributed by atoms with Crippen molar-refractivity contribution in [2.75, 3.05) is 0 Å². The van der Waals surface area contributed by atoms with Gasteiger partial charge in [0.25, 0.3) is 5.91 Å². The zero-order chi connectivity index (χ0) is 12.4. The molecule has 1 amide bonds. The van der Waals surface area contributed by atoms with Crippen molar-refractivity contribution in [1.82, 2.24) is 30.5 Å². The van der Waals surface area contributed by atoms with Crippen LogP contribution in [0.5, 0.6) is 0 Å². The second-order valence-electron chi connectivity index (χ2n) is 3.24. The van der Waals surface area contributed by atoms with Gasteiger partial charge in [-0.15, -0.1) is 10.2 Å². The number of H-pyrrole nitrogens is 1. The molecule has 0 aromatic carbocycles. The van der Waals surface area contributed by atoms with Crippen molar-refractivity contribution < 1.29 is 4.79 Å². The van der Waals surface area contributed by atoms with Gasteiger partial charge in [0.2, 0.25) is 0 Å². The van der Waals surface area contributed by atoms with E-state index in [1.54, 1.807) is 7.05 Å². The summed E-state index contributed by atoms with van der Waals surface area (Å²) in [5.41, 5.74) is 0.364. The van der Waals surface area contributed by atoms with Crippen molar-refractivity contribution in [3.63, 3.8) is 0 Å². The van der Waals surface area contributed by atoms with Gasteiger partial charge in [0.05, 0.1) is 11.6 Å². The molecule has 0 bridgehead atoms. The van der Waals surface area contributed by atoms with Crippen LogP contribution in [0, 0.1) is 0 Å². The Morgan fingerprint density at radius 1 is 1.59 bits per heavy atom. The lowest BCUT2D eigenvalue weighted by Crippen LogP contribution is -2.25. The van der Waals surface area contributed by atoms with Crippen LogP contribution in [-0.2, 0) is 13.6 Å². The van der Waals surface area contributed by atoms with Crippen LogP contribution in [0.4, 0.5) is 0 Å². The lowest BCUT2D eigenvalue weighted by molar-refractivity contribution is 0.0942. The maximum absolute atomic E-state index is 11.8. The smallest absolute Gasteiger partial charge is 0.268 e. The van der Waals surface area contributed by atoms with E-state index >= 15 is 0 Å². The molecule has 0 aliphatic carbocycles. The molecule has 0 aliphatic heterocycles. The predicted molar refractivity (Wildman–Crippen MR) is 60.8 cm³/mol. The Hall–Kier alpha value is -1.60. The molecule has 0 atom stereocenters. The molecular formula is C8H8Cl2N6O. The lowest BCUT2D eigenvalue weighted by atomic mass is 10.4. The van der Waals surface area contributed by atoms with Gasteiger partial charge in [-0.05, 0) is 6.07 Å². The van der Waals surface area contributed by atoms with E-state index in [0.29, 0.717) is 21.7 Å². The molecule has 0 radical (unpaired) electrons. The van der Waals surface area contributed by atoms with E-state index in [2.05, 4.69) is 25.9 Å². The summed E-state index contributed by atoms with van der Waals surface area (Å²) in [6.07, 6.45) is 0. The molecule has 0 spiro atoms. The standard InChI is InChI=1S/C8H8Cl2N6O/c1-16-5(2-4(9)7(16)10)8(17)11-3-6-12-14-15-13-6/h2H,3H2,1H3,(H,11,17)(H,12,13,14,15). The molecule has 2 aromatic rings. The Morgan fingerprint density at radius 2 is 2.35 bits per heavy atom. The molecule has 17 heavy (non-hydrogen) atoms. The number of aromatic nitrogens is 5. The average molecular weight is 275 g/mol. The van der Waals surface area contributed by atoms with Gasteiger partial charge < -0.3 is 9.88 Å². The third-order valence-corrected chi connectivity index (χ3v) is 2.99. The molecule has 7 nitrogen and oxygen atoms in total. The van der Waals surface area contributed by atoms with Gasteiger partial charge in [0.15, 0.2) is 5.82 Å². The Morgan fingerprint density at radius 3 is 2.88 bits per heavy atom. The molecule has 0 unspecified atom stereocenters. The number of amides is 1. The van der Waals surface area contributed by atoms with E-state index < -0.39 is 0 Å². The van der Waals surface area contributed by atoms with Gasteiger partial charge in [-0.2, -0.15) is 5.21 Å². The number of hydrogen-bond donors (Lipinski definition) is 2. The van der Waals surface area contributed by atoms with Crippen molar-refractivity contribution in [3.05, 3.63) is 27.8 Å². The Labute approximate surface area is 106 Å². The number of tetrazole rings is 1. The third kappa shape index (κ3) is 2.40. The predicted octanol–water partition coefficient (Wildman–Crippen LogP) is 0.775. The van der Waals surface area contributed by atoms with Crippen LogP contribution in [0.15, 0.2) is 6.07 Å². The van der Waals surface area contributed by atoms with E-state index in [0.717, 1.165) is 0 Å². The minimum atomic E-state index is -0.314. The summed E-state index contributed by atoms with van der Waals surface area (Å²) in [5, 5.41) is 16.3. The Kier molecular flexibility index (Phi) is 3.30. The highest BCUT2D eigenvalue weighted by atomic mass is 35.5. The summed E-state index contributed by atoms with van der Waals surface area (Å²) in [5.74, 6) is 0.0795. The minimum Gasteiger partial charge on any atom is -0.343 e. The molecule has 90 valence electrons. The number of halogens is 2. The fourth-order valence-electron chi connectivity index (χ4n) is 1.27. The number of carbonyl (C=O) groups is 1. The first kappa shape index (κ1) is 11.9. The average Bonchev–Trinajstić information content (AvgIpc) is 2.91. The van der Waals surface area contributed by atoms with Gasteiger partial charge in [0, 0.05) is 7.05 Å². The normalized spacial score (nSPS) is 10.5. The van der Waals surface area contributed by atoms with Gasteiger partial charge in [0.1, 0.15) is 10.8 Å². The van der Waals surface area contributed by atoms with Gasteiger partial charge >= 0.3 is 0 Å². The Bertz CT molecular complexity index is 534. The van der Waals surface area contributed by atoms with Crippen LogP contribution in [0.2, 0.25) is 10.2 Å². The first-order valence-corrected chi connectivity index (χ1v) is 5.36. The van der Waals surface area contributed by atoms with Crippen LogP contribution in [0.3, 0.4) is 0 Å². The zero-order valence-electron chi connectivity index (χ0n) is 8.74. The van der Waals surface area contributed by atoms with E-state index in [1.165, 1.54) is 10.6 Å². The second-order valence-corrected chi connectivity index (χ2v) is 4.00. The number of aromatic amines is 1. The summed E-state index contributed by atoms with van der Waals surface area (Å²) in [6.45, 7) is 0.176. The summed E-state index contributed by atoms with van der Waals surface area (Å²) >= 11 is 11.7. The van der Waals surface area contributed by atoms with Crippen molar-refractivity contribution >= 4 is 29.1 Å².